The van der Waals surface area contributed by atoms with Crippen LogP contribution < -0.4 is 0 Å². The fourth-order valence-electron chi connectivity index (χ4n) is 3.02. The standard InChI is InChI=1S/C13H17F3O4/c14-13(15,16)10(18)9-11(5-6-17)1-3-12(4-2-11)19-7-8-20-12/h6H,1-5,7-9H2. The second-order valence-corrected chi connectivity index (χ2v) is 5.58. The molecule has 2 fully saturated rings. The molecule has 0 bridgehead atoms. The highest BCUT2D eigenvalue weighted by atomic mass is 19.4. The van der Waals surface area contributed by atoms with E-state index in [0.29, 0.717) is 45.2 Å². The van der Waals surface area contributed by atoms with E-state index in [1.807, 2.05) is 0 Å². The van der Waals surface area contributed by atoms with Crippen molar-refractivity contribution in [3.8, 4) is 0 Å². The van der Waals surface area contributed by atoms with E-state index in [-0.39, 0.29) is 6.42 Å². The summed E-state index contributed by atoms with van der Waals surface area (Å²) >= 11 is 0. The summed E-state index contributed by atoms with van der Waals surface area (Å²) < 4.78 is 48.3. The lowest BCUT2D eigenvalue weighted by molar-refractivity contribution is -0.197. The molecule has 1 aliphatic carbocycles. The highest BCUT2D eigenvalue weighted by molar-refractivity contribution is 5.84. The smallest absolute Gasteiger partial charge is 0.348 e. The number of hydrogen-bond acceptors (Lipinski definition) is 4. The molecule has 20 heavy (non-hydrogen) atoms. The summed E-state index contributed by atoms with van der Waals surface area (Å²) in [5.41, 5.74) is -0.908. The number of Topliss-reactive ketones (excluding diaryl/α,β-unsaturated/α-hetero) is 1. The molecule has 1 heterocycles. The van der Waals surface area contributed by atoms with Crippen LogP contribution in [0.5, 0.6) is 0 Å². The van der Waals surface area contributed by atoms with Crippen molar-refractivity contribution in [1.82, 2.24) is 0 Å². The molecule has 0 aromatic heterocycles. The fraction of sp³-hybridized carbons (Fsp3) is 0.846. The molecule has 0 aromatic rings. The Kier molecular flexibility index (Phi) is 4.20. The van der Waals surface area contributed by atoms with E-state index in [1.54, 1.807) is 0 Å². The summed E-state index contributed by atoms with van der Waals surface area (Å²) in [4.78, 5) is 22.0. The molecular weight excluding hydrogens is 277 g/mol. The number of ketones is 1. The van der Waals surface area contributed by atoms with Gasteiger partial charge in [-0.05, 0) is 18.3 Å². The van der Waals surface area contributed by atoms with Gasteiger partial charge in [0.05, 0.1) is 13.2 Å². The van der Waals surface area contributed by atoms with E-state index < -0.39 is 29.6 Å². The lowest BCUT2D eigenvalue weighted by Crippen LogP contribution is -2.42. The Hall–Kier alpha value is -0.950. The molecule has 7 heteroatoms. The Morgan fingerprint density at radius 2 is 1.65 bits per heavy atom. The topological polar surface area (TPSA) is 52.6 Å². The maximum absolute atomic E-state index is 12.4. The number of carbonyl (C=O) groups is 2. The number of carbonyl (C=O) groups excluding carboxylic acids is 2. The summed E-state index contributed by atoms with van der Waals surface area (Å²) in [5, 5.41) is 0. The van der Waals surface area contributed by atoms with Gasteiger partial charge in [0.2, 0.25) is 5.78 Å². The maximum atomic E-state index is 12.4. The molecule has 0 N–H and O–H groups in total. The van der Waals surface area contributed by atoms with Crippen molar-refractivity contribution < 1.29 is 32.2 Å². The third kappa shape index (κ3) is 3.20. The first-order chi connectivity index (χ1) is 9.31. The van der Waals surface area contributed by atoms with Crippen molar-refractivity contribution in [2.75, 3.05) is 13.2 Å². The number of aldehydes is 1. The fourth-order valence-corrected chi connectivity index (χ4v) is 3.02. The van der Waals surface area contributed by atoms with Gasteiger partial charge < -0.3 is 14.3 Å². The highest BCUT2D eigenvalue weighted by Crippen LogP contribution is 2.49. The normalized spacial score (nSPS) is 24.8. The number of halogens is 3. The summed E-state index contributed by atoms with van der Waals surface area (Å²) in [7, 11) is 0. The predicted octanol–water partition coefficient (Wildman–Crippen LogP) is 2.40. The average Bonchev–Trinajstić information content (AvgIpc) is 2.81. The quantitative estimate of drug-likeness (QED) is 0.747. The highest BCUT2D eigenvalue weighted by Gasteiger charge is 2.50. The van der Waals surface area contributed by atoms with E-state index in [1.165, 1.54) is 0 Å². The van der Waals surface area contributed by atoms with Gasteiger partial charge in [0.1, 0.15) is 6.29 Å². The van der Waals surface area contributed by atoms with Gasteiger partial charge in [-0.15, -0.1) is 0 Å². The predicted molar refractivity (Wildman–Crippen MR) is 61.9 cm³/mol. The van der Waals surface area contributed by atoms with Crippen LogP contribution in [0.1, 0.15) is 38.5 Å². The number of hydrogen-bond donors (Lipinski definition) is 0. The summed E-state index contributed by atoms with van der Waals surface area (Å²) in [6.45, 7) is 0.949. The lowest BCUT2D eigenvalue weighted by atomic mass is 9.67. The molecule has 2 aliphatic rings. The third-order valence-electron chi connectivity index (χ3n) is 4.25. The van der Waals surface area contributed by atoms with Gasteiger partial charge in [-0.2, -0.15) is 13.2 Å². The van der Waals surface area contributed by atoms with E-state index in [0.717, 1.165) is 0 Å². The van der Waals surface area contributed by atoms with Crippen LogP contribution in [0.2, 0.25) is 0 Å². The SMILES string of the molecule is O=CCC1(CC(=O)C(F)(F)F)CCC2(CC1)OCCO2. The van der Waals surface area contributed by atoms with Crippen LogP contribution in [-0.4, -0.2) is 37.2 Å². The summed E-state index contributed by atoms with van der Waals surface area (Å²) in [6.07, 6.45) is -3.42. The van der Waals surface area contributed by atoms with Crippen molar-refractivity contribution >= 4 is 12.1 Å². The summed E-state index contributed by atoms with van der Waals surface area (Å²) in [6, 6.07) is 0. The van der Waals surface area contributed by atoms with Crippen molar-refractivity contribution in [3.05, 3.63) is 0 Å². The molecule has 1 aliphatic heterocycles. The van der Waals surface area contributed by atoms with E-state index in [2.05, 4.69) is 0 Å². The zero-order valence-corrected chi connectivity index (χ0v) is 11.0. The zero-order valence-electron chi connectivity index (χ0n) is 11.0. The Morgan fingerprint density at radius 1 is 1.10 bits per heavy atom. The Bertz CT molecular complexity index is 376. The van der Waals surface area contributed by atoms with Gasteiger partial charge in [-0.1, -0.05) is 0 Å². The molecule has 1 spiro atoms. The molecule has 1 saturated heterocycles. The largest absolute Gasteiger partial charge is 0.449 e. The molecule has 0 radical (unpaired) electrons. The first kappa shape index (κ1) is 15.4. The van der Waals surface area contributed by atoms with Crippen LogP contribution in [0.4, 0.5) is 13.2 Å². The molecule has 1 saturated carbocycles. The van der Waals surface area contributed by atoms with Crippen LogP contribution >= 0.6 is 0 Å². The van der Waals surface area contributed by atoms with Crippen molar-refractivity contribution in [2.24, 2.45) is 5.41 Å². The molecule has 2 rings (SSSR count). The number of alkyl halides is 3. The van der Waals surface area contributed by atoms with Gasteiger partial charge in [-0.25, -0.2) is 0 Å². The van der Waals surface area contributed by atoms with Gasteiger partial charge in [0.25, 0.3) is 0 Å². The minimum Gasteiger partial charge on any atom is -0.348 e. The van der Waals surface area contributed by atoms with Gasteiger partial charge in [0.15, 0.2) is 5.79 Å². The summed E-state index contributed by atoms with van der Waals surface area (Å²) in [5.74, 6) is -2.48. The molecule has 0 aromatic carbocycles. The molecular formula is C13H17F3O4. The van der Waals surface area contributed by atoms with E-state index in [9.17, 15) is 22.8 Å². The van der Waals surface area contributed by atoms with Crippen molar-refractivity contribution in [1.29, 1.82) is 0 Å². The minimum absolute atomic E-state index is 0.0368. The first-order valence-corrected chi connectivity index (χ1v) is 6.63. The monoisotopic (exact) mass is 294 g/mol. The Labute approximate surface area is 114 Å². The first-order valence-electron chi connectivity index (χ1n) is 6.63. The van der Waals surface area contributed by atoms with Crippen molar-refractivity contribution in [3.63, 3.8) is 0 Å². The molecule has 4 nitrogen and oxygen atoms in total. The number of rotatable bonds is 4. The Morgan fingerprint density at radius 3 is 2.10 bits per heavy atom. The molecule has 0 unspecified atom stereocenters. The van der Waals surface area contributed by atoms with Gasteiger partial charge in [0, 0.05) is 25.7 Å². The second kappa shape index (κ2) is 5.44. The lowest BCUT2D eigenvalue weighted by Gasteiger charge is -2.42. The minimum atomic E-state index is -4.84. The molecule has 0 amide bonds. The van der Waals surface area contributed by atoms with E-state index >= 15 is 0 Å². The average molecular weight is 294 g/mol. The molecule has 114 valence electrons. The maximum Gasteiger partial charge on any atom is 0.449 e. The van der Waals surface area contributed by atoms with Crippen LogP contribution in [0.15, 0.2) is 0 Å². The van der Waals surface area contributed by atoms with Crippen LogP contribution in [0.25, 0.3) is 0 Å². The van der Waals surface area contributed by atoms with Crippen LogP contribution in [-0.2, 0) is 19.1 Å². The van der Waals surface area contributed by atoms with Crippen LogP contribution in [0.3, 0.4) is 0 Å². The molecule has 0 atom stereocenters. The van der Waals surface area contributed by atoms with Gasteiger partial charge >= 0.3 is 6.18 Å². The van der Waals surface area contributed by atoms with Crippen LogP contribution in [0, 0.1) is 5.41 Å². The van der Waals surface area contributed by atoms with E-state index in [4.69, 9.17) is 9.47 Å². The zero-order chi connectivity index (χ0) is 14.9. The van der Waals surface area contributed by atoms with Gasteiger partial charge in [-0.3, -0.25) is 4.79 Å². The van der Waals surface area contributed by atoms with Crippen molar-refractivity contribution in [2.45, 2.75) is 50.5 Å². The number of ether oxygens (including phenoxy) is 2. The Balaban J connectivity index is 2.04. The third-order valence-corrected chi connectivity index (χ3v) is 4.25. The second-order valence-electron chi connectivity index (χ2n) is 5.58.